The van der Waals surface area contributed by atoms with Gasteiger partial charge in [0, 0.05) is 7.11 Å². The maximum Gasteiger partial charge on any atom is 0.326 e. The zero-order valence-electron chi connectivity index (χ0n) is 4.77. The van der Waals surface area contributed by atoms with Crippen LogP contribution >= 0.6 is 21.2 Å². The molecule has 7 heteroatoms. The Kier molecular flexibility index (Phi) is 10.7. The third-order valence-electron chi connectivity index (χ3n) is 0.163. The van der Waals surface area contributed by atoms with Gasteiger partial charge in [-0.3, -0.25) is 5.41 Å². The van der Waals surface area contributed by atoms with Crippen molar-refractivity contribution in [1.29, 1.82) is 5.41 Å². The molecule has 5 N–H and O–H groups in total. The van der Waals surface area contributed by atoms with Crippen molar-refractivity contribution in [3.63, 3.8) is 0 Å². The Labute approximate surface area is 59.8 Å². The standard InChI is InChI=1S/CH4N2S.CH5O3P/c2-1(3)4;1-4-5(2)3/h(H4,2,3,4);2-3H,1H3. The first-order chi connectivity index (χ1) is 4.00. The molecule has 0 atom stereocenters. The van der Waals surface area contributed by atoms with Gasteiger partial charge in [0.2, 0.25) is 0 Å². The number of nitrogens with two attached hydrogens (primary N) is 1. The summed E-state index contributed by atoms with van der Waals surface area (Å²) in [5, 5.41) is 6.00. The van der Waals surface area contributed by atoms with E-state index in [1.54, 1.807) is 0 Å². The highest BCUT2D eigenvalue weighted by molar-refractivity contribution is 7.96. The maximum absolute atomic E-state index is 7.76. The molecule has 0 bridgehead atoms. The van der Waals surface area contributed by atoms with Gasteiger partial charge in [0.1, 0.15) is 5.17 Å². The van der Waals surface area contributed by atoms with Crippen LogP contribution in [-0.4, -0.2) is 22.1 Å². The second-order valence-electron chi connectivity index (χ2n) is 0.821. The Morgan fingerprint density at radius 1 is 1.78 bits per heavy atom. The molecule has 0 aromatic heterocycles. The average Bonchev–Trinajstić information content (AvgIpc) is 1.65. The lowest BCUT2D eigenvalue weighted by Crippen LogP contribution is -1.96. The maximum atomic E-state index is 7.76. The zero-order valence-corrected chi connectivity index (χ0v) is 6.56. The van der Waals surface area contributed by atoms with E-state index in [0.29, 0.717) is 0 Å². The fourth-order valence-corrected chi connectivity index (χ4v) is 0. The summed E-state index contributed by atoms with van der Waals surface area (Å²) in [5.41, 5.74) is 4.56. The second kappa shape index (κ2) is 8.13. The van der Waals surface area contributed by atoms with E-state index in [1.165, 1.54) is 7.11 Å². The van der Waals surface area contributed by atoms with Crippen molar-refractivity contribution in [2.24, 2.45) is 5.73 Å². The van der Waals surface area contributed by atoms with Crippen molar-refractivity contribution in [1.82, 2.24) is 0 Å². The van der Waals surface area contributed by atoms with Gasteiger partial charge in [0.05, 0.1) is 0 Å². The monoisotopic (exact) mass is 172 g/mol. The molecule has 56 valence electrons. The van der Waals surface area contributed by atoms with Crippen LogP contribution in [-0.2, 0) is 4.52 Å². The van der Waals surface area contributed by atoms with Crippen LogP contribution in [0, 0.1) is 5.41 Å². The molecule has 0 unspecified atom stereocenters. The number of nitrogens with one attached hydrogen (secondary N) is 1. The minimum absolute atomic E-state index is 0.139. The molecular formula is C2H9N2O3PS. The van der Waals surface area contributed by atoms with Crippen LogP contribution in [0.4, 0.5) is 0 Å². The number of hydrogen-bond acceptors (Lipinski definition) is 4. The molecule has 0 heterocycles. The molecule has 0 saturated carbocycles. The molecule has 9 heavy (non-hydrogen) atoms. The fourth-order valence-electron chi connectivity index (χ4n) is 0. The molecule has 0 aromatic carbocycles. The van der Waals surface area contributed by atoms with Crippen molar-refractivity contribution in [3.05, 3.63) is 0 Å². The lowest BCUT2D eigenvalue weighted by atomic mass is 11.4. The van der Waals surface area contributed by atoms with E-state index < -0.39 is 8.60 Å². The number of rotatable bonds is 1. The topological polar surface area (TPSA) is 99.6 Å². The van der Waals surface area contributed by atoms with Gasteiger partial charge in [-0.25, -0.2) is 0 Å². The van der Waals surface area contributed by atoms with Crippen molar-refractivity contribution >= 4 is 26.4 Å². The van der Waals surface area contributed by atoms with E-state index in [4.69, 9.17) is 15.2 Å². The highest BCUT2D eigenvalue weighted by Gasteiger charge is 1.86. The van der Waals surface area contributed by atoms with E-state index in [0.717, 1.165) is 0 Å². The smallest absolute Gasteiger partial charge is 0.326 e. The first-order valence-corrected chi connectivity index (χ1v) is 3.37. The van der Waals surface area contributed by atoms with E-state index in [9.17, 15) is 0 Å². The van der Waals surface area contributed by atoms with Gasteiger partial charge >= 0.3 is 8.60 Å². The molecule has 0 radical (unpaired) electrons. The Balaban J connectivity index is 0. The summed E-state index contributed by atoms with van der Waals surface area (Å²) in [6, 6.07) is 0. The van der Waals surface area contributed by atoms with Crippen LogP contribution in [0.3, 0.4) is 0 Å². The summed E-state index contributed by atoms with van der Waals surface area (Å²) in [6.45, 7) is 0. The third kappa shape index (κ3) is 67.3. The lowest BCUT2D eigenvalue weighted by Gasteiger charge is -1.89. The van der Waals surface area contributed by atoms with Crippen molar-refractivity contribution in [2.75, 3.05) is 7.11 Å². The molecule has 0 saturated heterocycles. The minimum Gasteiger partial charge on any atom is -0.379 e. The average molecular weight is 172 g/mol. The quantitative estimate of drug-likeness (QED) is 0.161. The molecule has 5 nitrogen and oxygen atoms in total. The first kappa shape index (κ1) is 11.9. The SMILES string of the molecule is COP(O)O.N=C(N)S. The largest absolute Gasteiger partial charge is 0.379 e. The van der Waals surface area contributed by atoms with Gasteiger partial charge in [-0.2, -0.15) is 0 Å². The van der Waals surface area contributed by atoms with Gasteiger partial charge in [-0.1, -0.05) is 0 Å². The Bertz CT molecular complexity index is 76.2. The predicted octanol–water partition coefficient (Wildman–Crippen LogP) is -0.346. The summed E-state index contributed by atoms with van der Waals surface area (Å²) in [6.07, 6.45) is 0. The molecule has 0 aliphatic carbocycles. The number of thiol groups is 1. The van der Waals surface area contributed by atoms with Crippen LogP contribution in [0.15, 0.2) is 0 Å². The van der Waals surface area contributed by atoms with Gasteiger partial charge in [-0.15, -0.1) is 12.6 Å². The van der Waals surface area contributed by atoms with E-state index in [1.807, 2.05) is 0 Å². The molecule has 0 aliphatic heterocycles. The normalized spacial score (nSPS) is 8.11. The molecule has 0 rings (SSSR count). The van der Waals surface area contributed by atoms with E-state index in [-0.39, 0.29) is 5.17 Å². The molecular weight excluding hydrogens is 163 g/mol. The lowest BCUT2D eigenvalue weighted by molar-refractivity contribution is 0.310. The molecule has 0 fully saturated rings. The summed E-state index contributed by atoms with van der Waals surface area (Å²) in [5.74, 6) is 0. The number of hydrogen-bond donors (Lipinski definition) is 5. The summed E-state index contributed by atoms with van der Waals surface area (Å²) in [4.78, 5) is 15.5. The highest BCUT2D eigenvalue weighted by atomic mass is 32.1. The molecule has 0 aromatic rings. The Morgan fingerprint density at radius 2 is 1.89 bits per heavy atom. The van der Waals surface area contributed by atoms with Gasteiger partial charge in [0.15, 0.2) is 0 Å². The van der Waals surface area contributed by atoms with Gasteiger partial charge < -0.3 is 20.0 Å². The molecule has 0 spiro atoms. The van der Waals surface area contributed by atoms with Crippen LogP contribution in [0.25, 0.3) is 0 Å². The molecule has 0 amide bonds. The Morgan fingerprint density at radius 3 is 1.89 bits per heavy atom. The van der Waals surface area contributed by atoms with Crippen molar-refractivity contribution in [3.8, 4) is 0 Å². The summed E-state index contributed by atoms with van der Waals surface area (Å²) in [7, 11) is -0.870. The highest BCUT2D eigenvalue weighted by Crippen LogP contribution is 2.20. The van der Waals surface area contributed by atoms with Crippen LogP contribution < -0.4 is 5.73 Å². The Hall–Kier alpha value is 0.130. The van der Waals surface area contributed by atoms with Crippen LogP contribution in [0.5, 0.6) is 0 Å². The van der Waals surface area contributed by atoms with E-state index >= 15 is 0 Å². The second-order valence-corrected chi connectivity index (χ2v) is 2.17. The minimum atomic E-state index is -2.10. The predicted molar refractivity (Wildman–Crippen MR) is 39.3 cm³/mol. The van der Waals surface area contributed by atoms with Gasteiger partial charge in [-0.05, 0) is 0 Å². The van der Waals surface area contributed by atoms with Crippen molar-refractivity contribution in [2.45, 2.75) is 0 Å². The van der Waals surface area contributed by atoms with Crippen molar-refractivity contribution < 1.29 is 14.3 Å². The molecule has 0 aliphatic rings. The zero-order chi connectivity index (χ0) is 7.86. The van der Waals surface area contributed by atoms with Crippen LogP contribution in [0.2, 0.25) is 0 Å². The first-order valence-electron chi connectivity index (χ1n) is 1.75. The van der Waals surface area contributed by atoms with Gasteiger partial charge in [0.25, 0.3) is 0 Å². The number of amidine groups is 1. The fraction of sp³-hybridized carbons (Fsp3) is 0.500. The summed E-state index contributed by atoms with van der Waals surface area (Å²) >= 11 is 3.33. The summed E-state index contributed by atoms with van der Waals surface area (Å²) < 4.78 is 3.93. The van der Waals surface area contributed by atoms with Crippen LogP contribution in [0.1, 0.15) is 0 Å². The van der Waals surface area contributed by atoms with E-state index in [2.05, 4.69) is 22.9 Å². The third-order valence-corrected chi connectivity index (χ3v) is 0.490.